The molecule has 164 valence electrons. The molecule has 1 aromatic carbocycles. The summed E-state index contributed by atoms with van der Waals surface area (Å²) in [5, 5.41) is 10.7. The van der Waals surface area contributed by atoms with Crippen LogP contribution in [0.2, 0.25) is 0 Å². The van der Waals surface area contributed by atoms with Gasteiger partial charge in [0.1, 0.15) is 0 Å². The van der Waals surface area contributed by atoms with Crippen molar-refractivity contribution in [3.63, 3.8) is 0 Å². The lowest BCUT2D eigenvalue weighted by Gasteiger charge is -2.29. The van der Waals surface area contributed by atoms with Crippen LogP contribution < -0.4 is 4.90 Å². The van der Waals surface area contributed by atoms with Crippen LogP contribution in [0.3, 0.4) is 0 Å². The number of aliphatic hydroxyl groups excluding tert-OH is 1. The summed E-state index contributed by atoms with van der Waals surface area (Å²) >= 11 is 0. The Balaban J connectivity index is 2.06. The Morgan fingerprint density at radius 3 is 2.26 bits per heavy atom. The standard InChI is InChI=1S/C25H31N3O3/c1-6-27(7-2)19-13-11-17(12-14-19)21-20(23(30)25(3,4)5)22(29)24(31)28(21)16-18-10-8-9-15-26-18/h8-15,21,29H,6-7,16H2,1-5H3. The predicted octanol–water partition coefficient (Wildman–Crippen LogP) is 4.44. The van der Waals surface area contributed by atoms with E-state index in [0.717, 1.165) is 24.3 Å². The van der Waals surface area contributed by atoms with Gasteiger partial charge in [-0.05, 0) is 43.7 Å². The van der Waals surface area contributed by atoms with Crippen molar-refractivity contribution in [3.05, 3.63) is 71.3 Å². The van der Waals surface area contributed by atoms with Crippen LogP contribution in [-0.2, 0) is 16.1 Å². The molecule has 0 aliphatic carbocycles. The topological polar surface area (TPSA) is 73.7 Å². The third kappa shape index (κ3) is 4.48. The van der Waals surface area contributed by atoms with Gasteiger partial charge in [-0.2, -0.15) is 0 Å². The molecule has 1 amide bonds. The van der Waals surface area contributed by atoms with Gasteiger partial charge in [0.25, 0.3) is 5.91 Å². The summed E-state index contributed by atoms with van der Waals surface area (Å²) in [6, 6.07) is 12.7. The number of carbonyl (C=O) groups excluding carboxylic acids is 2. The third-order valence-corrected chi connectivity index (χ3v) is 5.63. The molecule has 0 spiro atoms. The van der Waals surface area contributed by atoms with Crippen molar-refractivity contribution >= 4 is 17.4 Å². The summed E-state index contributed by atoms with van der Waals surface area (Å²) in [6.45, 7) is 11.6. The van der Waals surface area contributed by atoms with Gasteiger partial charge in [-0.1, -0.05) is 39.0 Å². The van der Waals surface area contributed by atoms with Crippen LogP contribution in [0.1, 0.15) is 51.9 Å². The first-order valence-electron chi connectivity index (χ1n) is 10.7. The van der Waals surface area contributed by atoms with Crippen molar-refractivity contribution in [2.45, 2.75) is 47.2 Å². The van der Waals surface area contributed by atoms with E-state index in [1.807, 2.05) is 42.5 Å². The number of hydrogen-bond acceptors (Lipinski definition) is 5. The van der Waals surface area contributed by atoms with Gasteiger partial charge < -0.3 is 14.9 Å². The number of anilines is 1. The van der Waals surface area contributed by atoms with Gasteiger partial charge in [0.15, 0.2) is 11.5 Å². The molecule has 6 nitrogen and oxygen atoms in total. The molecular formula is C25H31N3O3. The summed E-state index contributed by atoms with van der Waals surface area (Å²) < 4.78 is 0. The summed E-state index contributed by atoms with van der Waals surface area (Å²) in [5.74, 6) is -1.25. The maximum atomic E-state index is 13.3. The molecule has 1 aliphatic rings. The molecule has 1 unspecified atom stereocenters. The number of amides is 1. The molecule has 2 heterocycles. The van der Waals surface area contributed by atoms with Gasteiger partial charge in [-0.3, -0.25) is 14.6 Å². The second-order valence-corrected chi connectivity index (χ2v) is 8.76. The highest BCUT2D eigenvalue weighted by atomic mass is 16.3. The minimum absolute atomic E-state index is 0.157. The van der Waals surface area contributed by atoms with E-state index in [2.05, 4.69) is 23.7 Å². The molecule has 6 heteroatoms. The van der Waals surface area contributed by atoms with Gasteiger partial charge in [-0.15, -0.1) is 0 Å². The van der Waals surface area contributed by atoms with Gasteiger partial charge in [0.2, 0.25) is 0 Å². The number of hydrogen-bond donors (Lipinski definition) is 1. The monoisotopic (exact) mass is 421 g/mol. The zero-order chi connectivity index (χ0) is 22.8. The van der Waals surface area contributed by atoms with E-state index in [-0.39, 0.29) is 17.9 Å². The number of aromatic nitrogens is 1. The smallest absolute Gasteiger partial charge is 0.290 e. The van der Waals surface area contributed by atoms with E-state index in [4.69, 9.17) is 0 Å². The van der Waals surface area contributed by atoms with Crippen molar-refractivity contribution in [3.8, 4) is 0 Å². The van der Waals surface area contributed by atoms with Crippen molar-refractivity contribution < 1.29 is 14.7 Å². The lowest BCUT2D eigenvalue weighted by molar-refractivity contribution is -0.130. The number of Topliss-reactive ketones (excluding diaryl/α,β-unsaturated/α-hetero) is 1. The Morgan fingerprint density at radius 1 is 1.10 bits per heavy atom. The summed E-state index contributed by atoms with van der Waals surface area (Å²) in [4.78, 5) is 34.4. The molecule has 2 aromatic rings. The first-order valence-corrected chi connectivity index (χ1v) is 10.7. The molecule has 0 bridgehead atoms. The van der Waals surface area contributed by atoms with Crippen LogP contribution in [0, 0.1) is 5.41 Å². The van der Waals surface area contributed by atoms with Crippen molar-refractivity contribution in [2.75, 3.05) is 18.0 Å². The number of rotatable bonds is 7. The number of carbonyl (C=O) groups is 2. The third-order valence-electron chi connectivity index (χ3n) is 5.63. The van der Waals surface area contributed by atoms with Crippen LogP contribution in [0.15, 0.2) is 60.0 Å². The second-order valence-electron chi connectivity index (χ2n) is 8.76. The molecule has 1 aromatic heterocycles. The van der Waals surface area contributed by atoms with E-state index in [1.54, 1.807) is 27.0 Å². The van der Waals surface area contributed by atoms with E-state index in [1.165, 1.54) is 4.90 Å². The zero-order valence-electron chi connectivity index (χ0n) is 18.9. The average molecular weight is 422 g/mol. The first kappa shape index (κ1) is 22.5. The largest absolute Gasteiger partial charge is 0.503 e. The quantitative estimate of drug-likeness (QED) is 0.715. The first-order chi connectivity index (χ1) is 14.7. The zero-order valence-corrected chi connectivity index (χ0v) is 18.9. The number of benzene rings is 1. The Bertz CT molecular complexity index is 971. The number of nitrogens with zero attached hydrogens (tertiary/aromatic N) is 3. The molecule has 0 radical (unpaired) electrons. The number of aliphatic hydroxyl groups is 1. The molecule has 31 heavy (non-hydrogen) atoms. The molecule has 3 rings (SSSR count). The minimum atomic E-state index is -0.732. The highest BCUT2D eigenvalue weighted by Gasteiger charge is 2.46. The van der Waals surface area contributed by atoms with E-state index >= 15 is 0 Å². The van der Waals surface area contributed by atoms with Crippen molar-refractivity contribution in [1.82, 2.24) is 9.88 Å². The Labute approximate surface area is 184 Å². The maximum absolute atomic E-state index is 13.3. The fourth-order valence-electron chi connectivity index (χ4n) is 3.92. The van der Waals surface area contributed by atoms with Gasteiger partial charge in [0.05, 0.1) is 23.9 Å². The summed E-state index contributed by atoms with van der Waals surface area (Å²) in [5.41, 5.74) is 1.98. The number of ketones is 1. The average Bonchev–Trinajstić information content (AvgIpc) is 2.99. The highest BCUT2D eigenvalue weighted by Crippen LogP contribution is 2.41. The van der Waals surface area contributed by atoms with E-state index in [9.17, 15) is 14.7 Å². The van der Waals surface area contributed by atoms with Gasteiger partial charge in [0, 0.05) is 30.4 Å². The molecule has 0 fully saturated rings. The Morgan fingerprint density at radius 2 is 1.74 bits per heavy atom. The molecule has 1 N–H and O–H groups in total. The molecule has 1 aliphatic heterocycles. The van der Waals surface area contributed by atoms with Crippen LogP contribution in [0.25, 0.3) is 0 Å². The van der Waals surface area contributed by atoms with E-state index < -0.39 is 23.1 Å². The summed E-state index contributed by atoms with van der Waals surface area (Å²) in [6.07, 6.45) is 1.66. The SMILES string of the molecule is CCN(CC)c1ccc(C2C(C(=O)C(C)(C)C)=C(O)C(=O)N2Cc2ccccn2)cc1. The number of pyridine rings is 1. The molecule has 0 saturated heterocycles. The van der Waals surface area contributed by atoms with Crippen molar-refractivity contribution in [1.29, 1.82) is 0 Å². The molecular weight excluding hydrogens is 390 g/mol. The van der Waals surface area contributed by atoms with Crippen LogP contribution >= 0.6 is 0 Å². The summed E-state index contributed by atoms with van der Waals surface area (Å²) in [7, 11) is 0. The van der Waals surface area contributed by atoms with E-state index in [0.29, 0.717) is 5.69 Å². The normalized spacial score (nSPS) is 16.7. The molecule has 0 saturated carbocycles. The maximum Gasteiger partial charge on any atom is 0.290 e. The molecule has 1 atom stereocenters. The highest BCUT2D eigenvalue weighted by molar-refractivity contribution is 6.10. The predicted molar refractivity (Wildman–Crippen MR) is 122 cm³/mol. The second kappa shape index (κ2) is 8.92. The van der Waals surface area contributed by atoms with Crippen LogP contribution in [0.5, 0.6) is 0 Å². The Hall–Kier alpha value is -3.15. The fraction of sp³-hybridized carbons (Fsp3) is 0.400. The lowest BCUT2D eigenvalue weighted by Crippen LogP contribution is -2.32. The fourth-order valence-corrected chi connectivity index (χ4v) is 3.92. The Kier molecular flexibility index (Phi) is 6.48. The van der Waals surface area contributed by atoms with Crippen molar-refractivity contribution in [2.24, 2.45) is 5.41 Å². The lowest BCUT2D eigenvalue weighted by atomic mass is 9.82. The van der Waals surface area contributed by atoms with Gasteiger partial charge >= 0.3 is 0 Å². The van der Waals surface area contributed by atoms with Crippen LogP contribution in [-0.4, -0.2) is 39.8 Å². The van der Waals surface area contributed by atoms with Gasteiger partial charge in [-0.25, -0.2) is 0 Å². The minimum Gasteiger partial charge on any atom is -0.503 e. The van der Waals surface area contributed by atoms with Crippen LogP contribution in [0.4, 0.5) is 5.69 Å².